The monoisotopic (exact) mass is 332 g/mol. The number of likely N-dealkylation sites (N-methyl/N-ethyl adjacent to an activating group) is 1. The van der Waals surface area contributed by atoms with Gasteiger partial charge in [0.1, 0.15) is 0 Å². The molecule has 1 atom stereocenters. The minimum absolute atomic E-state index is 0.323. The van der Waals surface area contributed by atoms with E-state index < -0.39 is 0 Å². The molecule has 132 valence electrons. The van der Waals surface area contributed by atoms with Crippen molar-refractivity contribution in [3.63, 3.8) is 0 Å². The molecular weight excluding hydrogens is 304 g/mol. The molecule has 6 heteroatoms. The predicted octanol–water partition coefficient (Wildman–Crippen LogP) is 1.61. The Morgan fingerprint density at radius 2 is 2.17 bits per heavy atom. The van der Waals surface area contributed by atoms with E-state index in [0.717, 1.165) is 43.5 Å². The number of likely N-dealkylation sites (tertiary alicyclic amines) is 1. The van der Waals surface area contributed by atoms with Gasteiger partial charge in [-0.3, -0.25) is 9.89 Å². The first-order valence-corrected chi connectivity index (χ1v) is 8.87. The van der Waals surface area contributed by atoms with Crippen LogP contribution in [-0.4, -0.2) is 56.9 Å². The smallest absolute Gasteiger partial charge is 0.231 e. The molecule has 0 bridgehead atoms. The lowest BCUT2D eigenvalue weighted by atomic mass is 10.1. The van der Waals surface area contributed by atoms with Gasteiger partial charge in [0, 0.05) is 26.2 Å². The summed E-state index contributed by atoms with van der Waals surface area (Å²) in [6, 6.07) is 6.74. The second-order valence-electron chi connectivity index (χ2n) is 6.24. The van der Waals surface area contributed by atoms with Gasteiger partial charge >= 0.3 is 0 Å². The summed E-state index contributed by atoms with van der Waals surface area (Å²) in [6.45, 7) is 6.70. The molecule has 2 N–H and O–H groups in total. The van der Waals surface area contributed by atoms with Crippen molar-refractivity contribution in [1.29, 1.82) is 0 Å². The van der Waals surface area contributed by atoms with Crippen LogP contribution in [0.25, 0.3) is 0 Å². The van der Waals surface area contributed by atoms with Crippen molar-refractivity contribution in [3.8, 4) is 11.5 Å². The number of ether oxygens (including phenoxy) is 2. The number of aliphatic imine (C=N–C) groups is 1. The van der Waals surface area contributed by atoms with Crippen LogP contribution in [0.5, 0.6) is 11.5 Å². The fourth-order valence-electron chi connectivity index (χ4n) is 3.40. The molecule has 2 aliphatic rings. The number of guanidine groups is 1. The lowest BCUT2D eigenvalue weighted by molar-refractivity contribution is 0.174. The third kappa shape index (κ3) is 4.12. The molecule has 1 fully saturated rings. The van der Waals surface area contributed by atoms with E-state index in [4.69, 9.17) is 9.47 Å². The Morgan fingerprint density at radius 3 is 3.00 bits per heavy atom. The van der Waals surface area contributed by atoms with E-state index >= 15 is 0 Å². The van der Waals surface area contributed by atoms with Gasteiger partial charge in [0.25, 0.3) is 0 Å². The van der Waals surface area contributed by atoms with E-state index in [-0.39, 0.29) is 0 Å². The maximum atomic E-state index is 5.42. The van der Waals surface area contributed by atoms with Gasteiger partial charge < -0.3 is 20.1 Å². The van der Waals surface area contributed by atoms with Crippen molar-refractivity contribution in [2.45, 2.75) is 32.2 Å². The first kappa shape index (κ1) is 16.9. The van der Waals surface area contributed by atoms with Gasteiger partial charge in [-0.2, -0.15) is 0 Å². The van der Waals surface area contributed by atoms with Gasteiger partial charge in [0.2, 0.25) is 6.79 Å². The highest BCUT2D eigenvalue weighted by Crippen LogP contribution is 2.32. The van der Waals surface area contributed by atoms with Gasteiger partial charge in [-0.1, -0.05) is 13.0 Å². The third-order valence-corrected chi connectivity index (χ3v) is 4.78. The molecule has 1 aromatic rings. The molecule has 0 spiro atoms. The normalized spacial score (nSPS) is 20.4. The molecule has 0 radical (unpaired) electrons. The van der Waals surface area contributed by atoms with Crippen LogP contribution in [0.3, 0.4) is 0 Å². The Bertz CT molecular complexity index is 576. The molecule has 2 heterocycles. The summed E-state index contributed by atoms with van der Waals surface area (Å²) in [5.74, 6) is 2.55. The molecular formula is C18H28N4O2. The second-order valence-corrected chi connectivity index (χ2v) is 6.24. The predicted molar refractivity (Wildman–Crippen MR) is 95.9 cm³/mol. The van der Waals surface area contributed by atoms with Gasteiger partial charge in [0.05, 0.1) is 0 Å². The number of hydrogen-bond acceptors (Lipinski definition) is 4. The van der Waals surface area contributed by atoms with E-state index in [1.165, 1.54) is 24.9 Å². The van der Waals surface area contributed by atoms with Gasteiger partial charge in [0.15, 0.2) is 17.5 Å². The molecule has 0 aromatic heterocycles. The number of rotatable bonds is 6. The second kappa shape index (κ2) is 8.24. The Kier molecular flexibility index (Phi) is 5.80. The highest BCUT2D eigenvalue weighted by atomic mass is 16.7. The van der Waals surface area contributed by atoms with Crippen molar-refractivity contribution in [3.05, 3.63) is 23.8 Å². The van der Waals surface area contributed by atoms with E-state index in [2.05, 4.69) is 39.6 Å². The molecule has 0 amide bonds. The summed E-state index contributed by atoms with van der Waals surface area (Å²) in [5, 5.41) is 6.85. The molecule has 2 aliphatic heterocycles. The first-order chi connectivity index (χ1) is 11.8. The summed E-state index contributed by atoms with van der Waals surface area (Å²) in [7, 11) is 1.82. The molecule has 0 saturated carbocycles. The highest BCUT2D eigenvalue weighted by Gasteiger charge is 2.22. The number of benzene rings is 1. The molecule has 3 rings (SSSR count). The topological polar surface area (TPSA) is 58.1 Å². The number of fused-ring (bicyclic) bond motifs is 1. The van der Waals surface area contributed by atoms with Crippen LogP contribution in [0.2, 0.25) is 0 Å². The first-order valence-electron chi connectivity index (χ1n) is 8.87. The van der Waals surface area contributed by atoms with Crippen LogP contribution in [-0.2, 0) is 6.42 Å². The Balaban J connectivity index is 1.41. The summed E-state index contributed by atoms with van der Waals surface area (Å²) in [5.41, 5.74) is 1.23. The van der Waals surface area contributed by atoms with E-state index in [9.17, 15) is 0 Å². The van der Waals surface area contributed by atoms with Gasteiger partial charge in [-0.15, -0.1) is 0 Å². The lowest BCUT2D eigenvalue weighted by Crippen LogP contribution is -2.45. The summed E-state index contributed by atoms with van der Waals surface area (Å²) >= 11 is 0. The van der Waals surface area contributed by atoms with Crippen LogP contribution >= 0.6 is 0 Å². The van der Waals surface area contributed by atoms with E-state index in [1.54, 1.807) is 0 Å². The van der Waals surface area contributed by atoms with Gasteiger partial charge in [-0.25, -0.2) is 0 Å². The van der Waals surface area contributed by atoms with Crippen LogP contribution in [0.4, 0.5) is 0 Å². The zero-order valence-corrected chi connectivity index (χ0v) is 14.7. The Morgan fingerprint density at radius 1 is 1.29 bits per heavy atom. The number of nitrogens with one attached hydrogen (secondary N) is 2. The maximum absolute atomic E-state index is 5.42. The van der Waals surface area contributed by atoms with Crippen LogP contribution in [0, 0.1) is 0 Å². The third-order valence-electron chi connectivity index (χ3n) is 4.78. The van der Waals surface area contributed by atoms with Crippen LogP contribution in [0.15, 0.2) is 23.2 Å². The van der Waals surface area contributed by atoms with Crippen LogP contribution in [0.1, 0.15) is 25.3 Å². The molecule has 24 heavy (non-hydrogen) atoms. The summed E-state index contributed by atoms with van der Waals surface area (Å²) in [6.07, 6.45) is 3.49. The SMILES string of the molecule is CCN1CCCC1CNC(=NC)NCCc1ccc2c(c1)OCO2. The zero-order chi connectivity index (χ0) is 16.8. The highest BCUT2D eigenvalue weighted by molar-refractivity contribution is 5.79. The van der Waals surface area contributed by atoms with Gasteiger partial charge in [-0.05, 0) is 50.0 Å². The Labute approximate surface area is 144 Å². The zero-order valence-electron chi connectivity index (χ0n) is 14.7. The fourth-order valence-corrected chi connectivity index (χ4v) is 3.40. The maximum Gasteiger partial charge on any atom is 0.231 e. The molecule has 0 aliphatic carbocycles. The number of nitrogens with zero attached hydrogens (tertiary/aromatic N) is 2. The van der Waals surface area contributed by atoms with Crippen molar-refractivity contribution in [1.82, 2.24) is 15.5 Å². The average Bonchev–Trinajstić information content (AvgIpc) is 3.25. The quantitative estimate of drug-likeness (QED) is 0.612. The van der Waals surface area contributed by atoms with Crippen LogP contribution < -0.4 is 20.1 Å². The standard InChI is InChI=1S/C18H28N4O2/c1-3-22-10-4-5-15(22)12-21-18(19-2)20-9-8-14-6-7-16-17(11-14)24-13-23-16/h6-7,11,15H,3-5,8-10,12-13H2,1-2H3,(H2,19,20,21). The lowest BCUT2D eigenvalue weighted by Gasteiger charge is -2.24. The van der Waals surface area contributed by atoms with Crippen molar-refractivity contribution in [2.24, 2.45) is 4.99 Å². The van der Waals surface area contributed by atoms with Crippen molar-refractivity contribution >= 4 is 5.96 Å². The van der Waals surface area contributed by atoms with E-state index in [0.29, 0.717) is 12.8 Å². The minimum atomic E-state index is 0.323. The largest absolute Gasteiger partial charge is 0.454 e. The molecule has 1 unspecified atom stereocenters. The Hall–Kier alpha value is -1.95. The number of hydrogen-bond donors (Lipinski definition) is 2. The fraction of sp³-hybridized carbons (Fsp3) is 0.611. The summed E-state index contributed by atoms with van der Waals surface area (Å²) < 4.78 is 10.8. The molecule has 1 aromatic carbocycles. The van der Waals surface area contributed by atoms with Crippen molar-refractivity contribution < 1.29 is 9.47 Å². The van der Waals surface area contributed by atoms with Crippen molar-refractivity contribution in [2.75, 3.05) is 40.0 Å². The minimum Gasteiger partial charge on any atom is -0.454 e. The molecule has 6 nitrogen and oxygen atoms in total. The summed E-state index contributed by atoms with van der Waals surface area (Å²) in [4.78, 5) is 6.85. The van der Waals surface area contributed by atoms with E-state index in [1.807, 2.05) is 13.1 Å². The molecule has 1 saturated heterocycles. The average molecular weight is 332 g/mol.